The molecular formula is C24H21N5O4S. The van der Waals surface area contributed by atoms with Crippen LogP contribution in [0.15, 0.2) is 48.2 Å². The lowest BCUT2D eigenvalue weighted by molar-refractivity contribution is -0.132. The first-order valence-corrected chi connectivity index (χ1v) is 11.3. The maximum absolute atomic E-state index is 13.3. The molecule has 172 valence electrons. The first-order chi connectivity index (χ1) is 16.3. The number of aromatic nitrogens is 4. The fourth-order valence-corrected chi connectivity index (χ4v) is 4.93. The number of aliphatic hydroxyl groups is 1. The first kappa shape index (κ1) is 21.8. The number of imidazole rings is 1. The van der Waals surface area contributed by atoms with Gasteiger partial charge in [0.15, 0.2) is 5.76 Å². The number of Topliss-reactive ketones (excluding diaryl/α,β-unsaturated/α-hetero) is 1. The molecule has 0 aliphatic carbocycles. The minimum Gasteiger partial charge on any atom is -0.505 e. The van der Waals surface area contributed by atoms with Gasteiger partial charge in [-0.2, -0.15) is 0 Å². The maximum atomic E-state index is 13.3. The third kappa shape index (κ3) is 3.26. The Balaban J connectivity index is 1.78. The summed E-state index contributed by atoms with van der Waals surface area (Å²) in [6.45, 7) is 5.48. The summed E-state index contributed by atoms with van der Waals surface area (Å²) in [4.78, 5) is 32.4. The quantitative estimate of drug-likeness (QED) is 0.272. The number of pyridine rings is 1. The molecule has 1 aliphatic rings. The van der Waals surface area contributed by atoms with Gasteiger partial charge in [0.05, 0.1) is 24.4 Å². The van der Waals surface area contributed by atoms with Gasteiger partial charge in [0, 0.05) is 6.20 Å². The predicted octanol–water partition coefficient (Wildman–Crippen LogP) is 3.75. The average molecular weight is 476 g/mol. The molecule has 1 unspecified atom stereocenters. The minimum atomic E-state index is -0.923. The zero-order valence-corrected chi connectivity index (χ0v) is 19.8. The number of aryl methyl sites for hydroxylation is 3. The van der Waals surface area contributed by atoms with Crippen molar-refractivity contribution in [1.82, 2.24) is 19.6 Å². The molecule has 10 heteroatoms. The summed E-state index contributed by atoms with van der Waals surface area (Å²) in [6.07, 6.45) is 1.84. The second-order valence-electron chi connectivity index (χ2n) is 7.98. The van der Waals surface area contributed by atoms with E-state index in [1.807, 2.05) is 29.7 Å². The molecule has 0 radical (unpaired) electrons. The van der Waals surface area contributed by atoms with Crippen LogP contribution in [0.4, 0.5) is 5.13 Å². The smallest absolute Gasteiger partial charge is 0.301 e. The summed E-state index contributed by atoms with van der Waals surface area (Å²) in [5.41, 5.74) is 3.00. The van der Waals surface area contributed by atoms with Crippen molar-refractivity contribution in [2.45, 2.75) is 26.8 Å². The number of ether oxygens (including phenoxy) is 1. The van der Waals surface area contributed by atoms with Crippen LogP contribution in [0.1, 0.15) is 33.6 Å². The molecule has 34 heavy (non-hydrogen) atoms. The van der Waals surface area contributed by atoms with Gasteiger partial charge in [-0.3, -0.25) is 14.5 Å². The molecule has 1 N–H and O–H groups in total. The van der Waals surface area contributed by atoms with E-state index in [9.17, 15) is 14.7 Å². The molecule has 4 heterocycles. The number of anilines is 1. The normalized spacial score (nSPS) is 17.6. The highest BCUT2D eigenvalue weighted by atomic mass is 32.1. The molecule has 3 aromatic heterocycles. The number of aliphatic hydroxyl groups excluding tert-OH is 1. The number of methoxy groups -OCH3 is 1. The van der Waals surface area contributed by atoms with Gasteiger partial charge in [-0.05, 0) is 50.1 Å². The molecule has 1 saturated heterocycles. The second kappa shape index (κ2) is 8.07. The number of nitrogens with zero attached hydrogens (tertiary/aromatic N) is 5. The van der Waals surface area contributed by atoms with Crippen molar-refractivity contribution in [3.8, 4) is 5.75 Å². The van der Waals surface area contributed by atoms with Gasteiger partial charge >= 0.3 is 5.91 Å². The molecule has 1 amide bonds. The lowest BCUT2D eigenvalue weighted by Gasteiger charge is -2.22. The fourth-order valence-electron chi connectivity index (χ4n) is 4.21. The predicted molar refractivity (Wildman–Crippen MR) is 127 cm³/mol. The van der Waals surface area contributed by atoms with E-state index in [-0.39, 0.29) is 22.2 Å². The van der Waals surface area contributed by atoms with Gasteiger partial charge < -0.3 is 14.2 Å². The van der Waals surface area contributed by atoms with Crippen LogP contribution >= 0.6 is 11.3 Å². The van der Waals surface area contributed by atoms with E-state index >= 15 is 0 Å². The van der Waals surface area contributed by atoms with E-state index in [1.54, 1.807) is 38.1 Å². The second-order valence-corrected chi connectivity index (χ2v) is 9.14. The van der Waals surface area contributed by atoms with Gasteiger partial charge in [-0.15, -0.1) is 10.2 Å². The van der Waals surface area contributed by atoms with Crippen molar-refractivity contribution in [2.75, 3.05) is 12.0 Å². The average Bonchev–Trinajstić information content (AvgIpc) is 3.49. The van der Waals surface area contributed by atoms with E-state index in [0.717, 1.165) is 5.56 Å². The third-order valence-electron chi connectivity index (χ3n) is 5.88. The number of amides is 1. The Bertz CT molecular complexity index is 1500. The zero-order valence-electron chi connectivity index (χ0n) is 18.9. The van der Waals surface area contributed by atoms with E-state index in [0.29, 0.717) is 27.7 Å². The number of hydrogen-bond donors (Lipinski definition) is 1. The fraction of sp³-hybridized carbons (Fsp3) is 0.208. The highest BCUT2D eigenvalue weighted by Crippen LogP contribution is 2.43. The molecular weight excluding hydrogens is 454 g/mol. The lowest BCUT2D eigenvalue weighted by Crippen LogP contribution is -2.29. The van der Waals surface area contributed by atoms with Crippen molar-refractivity contribution in [3.05, 3.63) is 75.7 Å². The number of ketones is 1. The van der Waals surface area contributed by atoms with Crippen molar-refractivity contribution < 1.29 is 19.4 Å². The van der Waals surface area contributed by atoms with Crippen LogP contribution in [0.5, 0.6) is 5.75 Å². The number of rotatable bonds is 4. The van der Waals surface area contributed by atoms with E-state index < -0.39 is 17.7 Å². The van der Waals surface area contributed by atoms with Crippen LogP contribution in [0, 0.1) is 20.8 Å². The molecule has 9 nitrogen and oxygen atoms in total. The summed E-state index contributed by atoms with van der Waals surface area (Å²) in [5.74, 6) is -1.39. The van der Waals surface area contributed by atoms with Gasteiger partial charge in [-0.1, -0.05) is 29.5 Å². The third-order valence-corrected chi connectivity index (χ3v) is 6.72. The molecule has 1 atom stereocenters. The SMILES string of the molecule is COc1cccc(C2/C(=C(\O)c3nc4c(C)cccn4c3C)C(=O)C(=O)N2c2nnc(C)s2)c1. The van der Waals surface area contributed by atoms with Gasteiger partial charge in [0.25, 0.3) is 5.78 Å². The molecule has 0 saturated carbocycles. The summed E-state index contributed by atoms with van der Waals surface area (Å²) in [7, 11) is 1.53. The number of hydrogen-bond acceptors (Lipinski definition) is 8. The van der Waals surface area contributed by atoms with E-state index in [4.69, 9.17) is 4.74 Å². The van der Waals surface area contributed by atoms with Crippen molar-refractivity contribution in [2.24, 2.45) is 0 Å². The summed E-state index contributed by atoms with van der Waals surface area (Å²) in [5, 5.41) is 20.5. The molecule has 1 aromatic carbocycles. The molecule has 5 rings (SSSR count). The van der Waals surface area contributed by atoms with Crippen molar-refractivity contribution >= 4 is 39.6 Å². The largest absolute Gasteiger partial charge is 0.505 e. The van der Waals surface area contributed by atoms with E-state index in [1.165, 1.54) is 23.3 Å². The minimum absolute atomic E-state index is 0.0599. The molecule has 0 spiro atoms. The first-order valence-electron chi connectivity index (χ1n) is 10.5. The standard InChI is InChI=1S/C24H21N5O4S/c1-12-7-6-10-28-13(2)18(25-22(12)28)20(30)17-19(15-8-5-9-16(11-15)33-4)29(23(32)21(17)31)24-27-26-14(3)34-24/h5-11,19,30H,1-4H3/b20-17+. The summed E-state index contributed by atoms with van der Waals surface area (Å²) < 4.78 is 7.20. The molecule has 4 aromatic rings. The number of carbonyl (C=O) groups excluding carboxylic acids is 2. The van der Waals surface area contributed by atoms with Crippen molar-refractivity contribution in [1.29, 1.82) is 0 Å². The summed E-state index contributed by atoms with van der Waals surface area (Å²) in [6, 6.07) is 9.90. The highest BCUT2D eigenvalue weighted by molar-refractivity contribution is 7.15. The Labute approximate surface area is 199 Å². The number of benzene rings is 1. The van der Waals surface area contributed by atoms with Gasteiger partial charge in [0.2, 0.25) is 5.13 Å². The Hall–Kier alpha value is -4.05. The lowest BCUT2D eigenvalue weighted by atomic mass is 9.96. The van der Waals surface area contributed by atoms with Crippen LogP contribution in [-0.4, -0.2) is 43.5 Å². The topological polar surface area (TPSA) is 110 Å². The Kier molecular flexibility index (Phi) is 5.17. The Morgan fingerprint density at radius 3 is 2.59 bits per heavy atom. The maximum Gasteiger partial charge on any atom is 0.301 e. The monoisotopic (exact) mass is 475 g/mol. The van der Waals surface area contributed by atoms with Crippen molar-refractivity contribution in [3.63, 3.8) is 0 Å². The van der Waals surface area contributed by atoms with Crippen LogP contribution in [0.25, 0.3) is 11.4 Å². The Morgan fingerprint density at radius 1 is 1.12 bits per heavy atom. The zero-order chi connectivity index (χ0) is 24.1. The van der Waals surface area contributed by atoms with Crippen LogP contribution in [0.2, 0.25) is 0 Å². The molecule has 1 fully saturated rings. The highest BCUT2D eigenvalue weighted by Gasteiger charge is 2.48. The van der Waals surface area contributed by atoms with E-state index in [2.05, 4.69) is 15.2 Å². The van der Waals surface area contributed by atoms with Gasteiger partial charge in [0.1, 0.15) is 22.1 Å². The summed E-state index contributed by atoms with van der Waals surface area (Å²) >= 11 is 1.19. The molecule has 1 aliphatic heterocycles. The van der Waals surface area contributed by atoms with Crippen LogP contribution < -0.4 is 9.64 Å². The van der Waals surface area contributed by atoms with Crippen LogP contribution in [0.3, 0.4) is 0 Å². The van der Waals surface area contributed by atoms with Crippen LogP contribution in [-0.2, 0) is 9.59 Å². The number of carbonyl (C=O) groups is 2. The Morgan fingerprint density at radius 2 is 1.91 bits per heavy atom. The molecule has 0 bridgehead atoms. The number of fused-ring (bicyclic) bond motifs is 1. The van der Waals surface area contributed by atoms with Gasteiger partial charge in [-0.25, -0.2) is 4.98 Å².